The topological polar surface area (TPSA) is 33.1 Å². The molecule has 1 aromatic rings. The molecule has 2 heterocycles. The molecule has 96 valence electrons. The predicted molar refractivity (Wildman–Crippen MR) is 69.9 cm³/mol. The number of nitrogens with zero attached hydrogens (tertiary/aromatic N) is 3. The van der Waals surface area contributed by atoms with Crippen molar-refractivity contribution in [2.75, 3.05) is 27.2 Å². The van der Waals surface area contributed by atoms with Crippen molar-refractivity contribution in [3.05, 3.63) is 18.0 Å². The molecule has 4 heteroatoms. The van der Waals surface area contributed by atoms with E-state index in [4.69, 9.17) is 0 Å². The first-order chi connectivity index (χ1) is 8.26. The predicted octanol–water partition coefficient (Wildman–Crippen LogP) is 1.51. The summed E-state index contributed by atoms with van der Waals surface area (Å²) in [5, 5.41) is 7.76. The molecular weight excluding hydrogens is 212 g/mol. The van der Waals surface area contributed by atoms with Crippen LogP contribution >= 0.6 is 0 Å². The SMILES string of the molecule is CCCn1cc(C2C(CNC)CCN2C)cn1. The fraction of sp³-hybridized carbons (Fsp3) is 0.769. The minimum atomic E-state index is 0.535. The first kappa shape index (κ1) is 12.6. The third-order valence-corrected chi connectivity index (χ3v) is 3.69. The lowest BCUT2D eigenvalue weighted by Crippen LogP contribution is -2.26. The van der Waals surface area contributed by atoms with E-state index in [0.29, 0.717) is 12.0 Å². The second-order valence-electron chi connectivity index (χ2n) is 5.07. The maximum absolute atomic E-state index is 4.45. The van der Waals surface area contributed by atoms with Gasteiger partial charge in [-0.05, 0) is 45.9 Å². The summed E-state index contributed by atoms with van der Waals surface area (Å²) in [6, 6.07) is 0.535. The van der Waals surface area contributed by atoms with Crippen molar-refractivity contribution in [3.63, 3.8) is 0 Å². The zero-order valence-corrected chi connectivity index (χ0v) is 11.2. The molecule has 2 rings (SSSR count). The molecule has 0 saturated carbocycles. The van der Waals surface area contributed by atoms with Gasteiger partial charge in [0.2, 0.25) is 0 Å². The van der Waals surface area contributed by atoms with Crippen LogP contribution in [0.1, 0.15) is 31.4 Å². The highest BCUT2D eigenvalue weighted by atomic mass is 15.3. The number of nitrogens with one attached hydrogen (secondary N) is 1. The third-order valence-electron chi connectivity index (χ3n) is 3.69. The van der Waals surface area contributed by atoms with Gasteiger partial charge in [-0.1, -0.05) is 6.92 Å². The molecule has 1 aromatic heterocycles. The summed E-state index contributed by atoms with van der Waals surface area (Å²) in [4.78, 5) is 2.45. The van der Waals surface area contributed by atoms with E-state index in [9.17, 15) is 0 Å². The molecule has 2 atom stereocenters. The number of likely N-dealkylation sites (tertiary alicyclic amines) is 1. The largest absolute Gasteiger partial charge is 0.319 e. The van der Waals surface area contributed by atoms with Gasteiger partial charge in [-0.2, -0.15) is 5.10 Å². The van der Waals surface area contributed by atoms with Crippen LogP contribution in [-0.4, -0.2) is 41.9 Å². The average molecular weight is 236 g/mol. The van der Waals surface area contributed by atoms with E-state index < -0.39 is 0 Å². The molecule has 2 unspecified atom stereocenters. The molecular formula is C13H24N4. The lowest BCUT2D eigenvalue weighted by molar-refractivity contribution is 0.274. The van der Waals surface area contributed by atoms with E-state index in [1.165, 1.54) is 18.5 Å². The number of hydrogen-bond donors (Lipinski definition) is 1. The normalized spacial score (nSPS) is 25.6. The number of aryl methyl sites for hydroxylation is 1. The second-order valence-corrected chi connectivity index (χ2v) is 5.07. The van der Waals surface area contributed by atoms with Crippen LogP contribution in [0.4, 0.5) is 0 Å². The minimum Gasteiger partial charge on any atom is -0.319 e. The van der Waals surface area contributed by atoms with Gasteiger partial charge in [-0.25, -0.2) is 0 Å². The number of rotatable bonds is 5. The summed E-state index contributed by atoms with van der Waals surface area (Å²) in [5.41, 5.74) is 1.37. The molecule has 0 radical (unpaired) electrons. The van der Waals surface area contributed by atoms with E-state index in [-0.39, 0.29) is 0 Å². The maximum atomic E-state index is 4.45. The fourth-order valence-electron chi connectivity index (χ4n) is 2.91. The fourth-order valence-corrected chi connectivity index (χ4v) is 2.91. The van der Waals surface area contributed by atoms with Crippen LogP contribution in [-0.2, 0) is 6.54 Å². The van der Waals surface area contributed by atoms with Crippen LogP contribution < -0.4 is 5.32 Å². The van der Waals surface area contributed by atoms with E-state index in [2.05, 4.69) is 40.2 Å². The quantitative estimate of drug-likeness (QED) is 0.841. The molecule has 0 aliphatic carbocycles. The molecule has 0 spiro atoms. The van der Waals surface area contributed by atoms with Crippen molar-refractivity contribution in [1.29, 1.82) is 0 Å². The Morgan fingerprint density at radius 1 is 1.53 bits per heavy atom. The van der Waals surface area contributed by atoms with Crippen molar-refractivity contribution in [2.24, 2.45) is 5.92 Å². The van der Waals surface area contributed by atoms with Crippen molar-refractivity contribution in [1.82, 2.24) is 20.0 Å². The Balaban J connectivity index is 2.11. The van der Waals surface area contributed by atoms with Crippen molar-refractivity contribution in [3.8, 4) is 0 Å². The van der Waals surface area contributed by atoms with Crippen LogP contribution in [0.3, 0.4) is 0 Å². The summed E-state index contributed by atoms with van der Waals surface area (Å²) < 4.78 is 2.07. The van der Waals surface area contributed by atoms with Gasteiger partial charge in [0.1, 0.15) is 0 Å². The summed E-state index contributed by atoms with van der Waals surface area (Å²) in [6.45, 7) is 5.49. The van der Waals surface area contributed by atoms with Crippen LogP contribution in [0.25, 0.3) is 0 Å². The average Bonchev–Trinajstić information content (AvgIpc) is 2.87. The molecule has 0 amide bonds. The Bertz CT molecular complexity index is 345. The van der Waals surface area contributed by atoms with Gasteiger partial charge >= 0.3 is 0 Å². The number of aromatic nitrogens is 2. The van der Waals surface area contributed by atoms with E-state index in [1.54, 1.807) is 0 Å². The Morgan fingerprint density at radius 2 is 2.35 bits per heavy atom. The summed E-state index contributed by atoms with van der Waals surface area (Å²) >= 11 is 0. The molecule has 1 saturated heterocycles. The number of hydrogen-bond acceptors (Lipinski definition) is 3. The first-order valence-electron chi connectivity index (χ1n) is 6.63. The molecule has 1 N–H and O–H groups in total. The van der Waals surface area contributed by atoms with Crippen LogP contribution in [0.5, 0.6) is 0 Å². The van der Waals surface area contributed by atoms with Crippen LogP contribution in [0, 0.1) is 5.92 Å². The zero-order chi connectivity index (χ0) is 12.3. The van der Waals surface area contributed by atoms with Crippen molar-refractivity contribution in [2.45, 2.75) is 32.4 Å². The van der Waals surface area contributed by atoms with Gasteiger partial charge in [0.15, 0.2) is 0 Å². The van der Waals surface area contributed by atoms with Crippen LogP contribution in [0.15, 0.2) is 12.4 Å². The van der Waals surface area contributed by atoms with E-state index in [1.807, 2.05) is 13.2 Å². The summed E-state index contributed by atoms with van der Waals surface area (Å²) in [7, 11) is 4.26. The Morgan fingerprint density at radius 3 is 3.06 bits per heavy atom. The molecule has 1 aliphatic heterocycles. The highest BCUT2D eigenvalue weighted by Crippen LogP contribution is 2.35. The Labute approximate surface area is 104 Å². The molecule has 0 aromatic carbocycles. The monoisotopic (exact) mass is 236 g/mol. The van der Waals surface area contributed by atoms with E-state index >= 15 is 0 Å². The summed E-state index contributed by atoms with van der Waals surface area (Å²) in [5.74, 6) is 0.712. The molecule has 1 fully saturated rings. The van der Waals surface area contributed by atoms with Gasteiger partial charge in [-0.15, -0.1) is 0 Å². The molecule has 4 nitrogen and oxygen atoms in total. The van der Waals surface area contributed by atoms with Gasteiger partial charge in [0.25, 0.3) is 0 Å². The highest BCUT2D eigenvalue weighted by Gasteiger charge is 2.33. The smallest absolute Gasteiger partial charge is 0.0537 e. The van der Waals surface area contributed by atoms with Gasteiger partial charge in [-0.3, -0.25) is 9.58 Å². The Kier molecular flexibility index (Phi) is 4.18. The zero-order valence-electron chi connectivity index (χ0n) is 11.2. The first-order valence-corrected chi connectivity index (χ1v) is 6.63. The van der Waals surface area contributed by atoms with Gasteiger partial charge < -0.3 is 5.32 Å². The second kappa shape index (κ2) is 5.65. The lowest BCUT2D eigenvalue weighted by atomic mass is 9.96. The van der Waals surface area contributed by atoms with Gasteiger partial charge in [0, 0.05) is 24.3 Å². The maximum Gasteiger partial charge on any atom is 0.0537 e. The lowest BCUT2D eigenvalue weighted by Gasteiger charge is -2.23. The van der Waals surface area contributed by atoms with Crippen LogP contribution in [0.2, 0.25) is 0 Å². The molecule has 17 heavy (non-hydrogen) atoms. The molecule has 1 aliphatic rings. The van der Waals surface area contributed by atoms with Gasteiger partial charge in [0.05, 0.1) is 6.20 Å². The summed E-state index contributed by atoms with van der Waals surface area (Å²) in [6.07, 6.45) is 6.69. The standard InChI is InChI=1S/C13H24N4/c1-4-6-17-10-12(9-15-17)13-11(8-14-2)5-7-16(13)3/h9-11,13-14H,4-8H2,1-3H3. The van der Waals surface area contributed by atoms with E-state index in [0.717, 1.165) is 19.5 Å². The Hall–Kier alpha value is -0.870. The van der Waals surface area contributed by atoms with Crippen molar-refractivity contribution >= 4 is 0 Å². The van der Waals surface area contributed by atoms with Crippen molar-refractivity contribution < 1.29 is 0 Å². The third kappa shape index (κ3) is 2.69. The molecule has 0 bridgehead atoms. The highest BCUT2D eigenvalue weighted by molar-refractivity contribution is 5.14. The minimum absolute atomic E-state index is 0.535.